The van der Waals surface area contributed by atoms with Gasteiger partial charge in [-0.05, 0) is 31.0 Å². The first-order valence-electron chi connectivity index (χ1n) is 7.52. The highest BCUT2D eigenvalue weighted by Crippen LogP contribution is 2.24. The molecular formula is C17H20N2O2. The minimum absolute atomic E-state index is 0.148. The molecule has 110 valence electrons. The second-order valence-corrected chi connectivity index (χ2v) is 5.71. The molecule has 4 heteroatoms. The largest absolute Gasteiger partial charge is 0.481 e. The Kier molecular flexibility index (Phi) is 4.15. The van der Waals surface area contributed by atoms with Crippen molar-refractivity contribution in [3.63, 3.8) is 0 Å². The van der Waals surface area contributed by atoms with Crippen LogP contribution in [0, 0.1) is 0 Å². The summed E-state index contributed by atoms with van der Waals surface area (Å²) in [5, 5.41) is 10.2. The van der Waals surface area contributed by atoms with Crippen LogP contribution in [-0.4, -0.2) is 33.5 Å². The first kappa shape index (κ1) is 14.0. The fourth-order valence-electron chi connectivity index (χ4n) is 3.21. The van der Waals surface area contributed by atoms with Crippen molar-refractivity contribution in [1.29, 1.82) is 0 Å². The highest BCUT2D eigenvalue weighted by Gasteiger charge is 2.25. The molecule has 4 nitrogen and oxygen atoms in total. The zero-order valence-corrected chi connectivity index (χ0v) is 12.0. The van der Waals surface area contributed by atoms with Gasteiger partial charge < -0.3 is 5.11 Å². The van der Waals surface area contributed by atoms with Gasteiger partial charge in [0, 0.05) is 24.2 Å². The van der Waals surface area contributed by atoms with Gasteiger partial charge in [0.15, 0.2) is 0 Å². The van der Waals surface area contributed by atoms with Gasteiger partial charge in [-0.1, -0.05) is 30.7 Å². The molecule has 1 N–H and O–H groups in total. The number of hydrogen-bond donors (Lipinski definition) is 1. The van der Waals surface area contributed by atoms with Crippen molar-refractivity contribution in [3.8, 4) is 0 Å². The summed E-state index contributed by atoms with van der Waals surface area (Å²) in [6.45, 7) is 1.76. The van der Waals surface area contributed by atoms with E-state index in [1.807, 2.05) is 12.3 Å². The first-order valence-corrected chi connectivity index (χ1v) is 7.52. The summed E-state index contributed by atoms with van der Waals surface area (Å²) < 4.78 is 0. The fourth-order valence-corrected chi connectivity index (χ4v) is 3.21. The van der Waals surface area contributed by atoms with Gasteiger partial charge in [0.25, 0.3) is 0 Å². The van der Waals surface area contributed by atoms with Gasteiger partial charge in [-0.25, -0.2) is 0 Å². The van der Waals surface area contributed by atoms with Gasteiger partial charge in [-0.15, -0.1) is 0 Å². The third-order valence-corrected chi connectivity index (χ3v) is 4.25. The van der Waals surface area contributed by atoms with Crippen LogP contribution >= 0.6 is 0 Å². The van der Waals surface area contributed by atoms with Gasteiger partial charge in [0.2, 0.25) is 0 Å². The van der Waals surface area contributed by atoms with Crippen molar-refractivity contribution in [3.05, 3.63) is 42.1 Å². The summed E-state index contributed by atoms with van der Waals surface area (Å²) in [5.41, 5.74) is 2.21. The van der Waals surface area contributed by atoms with E-state index in [2.05, 4.69) is 34.1 Å². The molecule has 1 aliphatic rings. The van der Waals surface area contributed by atoms with E-state index in [4.69, 9.17) is 5.11 Å². The van der Waals surface area contributed by atoms with Gasteiger partial charge in [0.1, 0.15) is 0 Å². The molecule has 21 heavy (non-hydrogen) atoms. The van der Waals surface area contributed by atoms with E-state index in [1.165, 1.54) is 5.56 Å². The van der Waals surface area contributed by atoms with Gasteiger partial charge in [-0.3, -0.25) is 14.7 Å². The van der Waals surface area contributed by atoms with Crippen molar-refractivity contribution in [2.75, 3.05) is 6.54 Å². The Bertz CT molecular complexity index is 636. The lowest BCUT2D eigenvalue weighted by molar-refractivity contribution is -0.138. The second-order valence-electron chi connectivity index (χ2n) is 5.71. The van der Waals surface area contributed by atoms with E-state index in [0.29, 0.717) is 0 Å². The Morgan fingerprint density at radius 2 is 2.14 bits per heavy atom. The van der Waals surface area contributed by atoms with Crippen LogP contribution < -0.4 is 0 Å². The number of carboxylic acids is 1. The van der Waals surface area contributed by atoms with Crippen LogP contribution in [0.3, 0.4) is 0 Å². The third-order valence-electron chi connectivity index (χ3n) is 4.25. The Morgan fingerprint density at radius 1 is 1.29 bits per heavy atom. The van der Waals surface area contributed by atoms with Crippen molar-refractivity contribution in [2.45, 2.75) is 38.3 Å². The number of carbonyl (C=O) groups is 1. The Morgan fingerprint density at radius 3 is 3.00 bits per heavy atom. The van der Waals surface area contributed by atoms with Crippen molar-refractivity contribution >= 4 is 16.9 Å². The highest BCUT2D eigenvalue weighted by atomic mass is 16.4. The normalized spacial score (nSPS) is 19.7. The third kappa shape index (κ3) is 3.22. The number of para-hydroxylation sites is 1. The van der Waals surface area contributed by atoms with Gasteiger partial charge >= 0.3 is 5.97 Å². The minimum Gasteiger partial charge on any atom is -0.481 e. The maximum absolute atomic E-state index is 11.0. The first-order chi connectivity index (χ1) is 10.2. The molecule has 3 rings (SSSR count). The minimum atomic E-state index is -0.706. The van der Waals surface area contributed by atoms with Crippen LogP contribution in [0.25, 0.3) is 10.9 Å². The SMILES string of the molecule is O=C(O)CC1CCCCN1Cc1cccc2cccnc12. The van der Waals surface area contributed by atoms with Gasteiger partial charge in [-0.2, -0.15) is 0 Å². The molecule has 0 radical (unpaired) electrons. The number of nitrogens with zero attached hydrogens (tertiary/aromatic N) is 2. The lowest BCUT2D eigenvalue weighted by atomic mass is 9.98. The summed E-state index contributed by atoms with van der Waals surface area (Å²) in [6.07, 6.45) is 5.30. The zero-order valence-electron chi connectivity index (χ0n) is 12.0. The van der Waals surface area contributed by atoms with Crippen LogP contribution in [0.1, 0.15) is 31.2 Å². The standard InChI is InChI=1S/C17H20N2O2/c20-16(21)11-15-8-1-2-10-19(15)12-14-6-3-5-13-7-4-9-18-17(13)14/h3-7,9,15H,1-2,8,10-12H2,(H,20,21). The smallest absolute Gasteiger partial charge is 0.304 e. The molecule has 0 saturated carbocycles. The van der Waals surface area contributed by atoms with Gasteiger partial charge in [0.05, 0.1) is 11.9 Å². The van der Waals surface area contributed by atoms with Crippen LogP contribution in [0.15, 0.2) is 36.5 Å². The zero-order chi connectivity index (χ0) is 14.7. The number of aliphatic carboxylic acids is 1. The van der Waals surface area contributed by atoms with Crippen LogP contribution in [0.2, 0.25) is 0 Å². The number of pyridine rings is 1. The quantitative estimate of drug-likeness (QED) is 0.937. The van der Waals surface area contributed by atoms with Crippen molar-refractivity contribution < 1.29 is 9.90 Å². The lowest BCUT2D eigenvalue weighted by Crippen LogP contribution is -2.40. The monoisotopic (exact) mass is 284 g/mol. The number of benzene rings is 1. The summed E-state index contributed by atoms with van der Waals surface area (Å²) in [7, 11) is 0. The number of rotatable bonds is 4. The van der Waals surface area contributed by atoms with E-state index in [1.54, 1.807) is 0 Å². The number of aromatic nitrogens is 1. The molecule has 0 spiro atoms. The highest BCUT2D eigenvalue weighted by molar-refractivity contribution is 5.81. The predicted octanol–water partition coefficient (Wildman–Crippen LogP) is 3.06. The molecule has 1 fully saturated rings. The number of piperidine rings is 1. The Hall–Kier alpha value is -1.94. The van der Waals surface area contributed by atoms with Crippen LogP contribution in [-0.2, 0) is 11.3 Å². The summed E-state index contributed by atoms with van der Waals surface area (Å²) in [4.78, 5) is 17.8. The average molecular weight is 284 g/mol. The molecular weight excluding hydrogens is 264 g/mol. The van der Waals surface area contributed by atoms with E-state index >= 15 is 0 Å². The molecule has 0 bridgehead atoms. The Labute approximate surface area is 124 Å². The average Bonchev–Trinajstić information content (AvgIpc) is 2.49. The summed E-state index contributed by atoms with van der Waals surface area (Å²) in [5.74, 6) is -0.706. The molecule has 1 aromatic heterocycles. The second kappa shape index (κ2) is 6.22. The molecule has 1 saturated heterocycles. The number of likely N-dealkylation sites (tertiary alicyclic amines) is 1. The summed E-state index contributed by atoms with van der Waals surface area (Å²) in [6, 6.07) is 10.4. The molecule has 1 unspecified atom stereocenters. The van der Waals surface area contributed by atoms with E-state index in [9.17, 15) is 4.79 Å². The topological polar surface area (TPSA) is 53.4 Å². The summed E-state index contributed by atoms with van der Waals surface area (Å²) >= 11 is 0. The van der Waals surface area contributed by atoms with Crippen molar-refractivity contribution in [1.82, 2.24) is 9.88 Å². The number of carboxylic acid groups (broad SMARTS) is 1. The maximum atomic E-state index is 11.0. The molecule has 0 aliphatic carbocycles. The molecule has 2 heterocycles. The molecule has 1 aliphatic heterocycles. The van der Waals surface area contributed by atoms with Crippen molar-refractivity contribution in [2.24, 2.45) is 0 Å². The van der Waals surface area contributed by atoms with E-state index in [-0.39, 0.29) is 12.5 Å². The Balaban J connectivity index is 1.84. The molecule has 1 aromatic carbocycles. The maximum Gasteiger partial charge on any atom is 0.304 e. The van der Waals surface area contributed by atoms with E-state index < -0.39 is 5.97 Å². The van der Waals surface area contributed by atoms with E-state index in [0.717, 1.165) is 43.3 Å². The lowest BCUT2D eigenvalue weighted by Gasteiger charge is -2.35. The van der Waals surface area contributed by atoms with Crippen LogP contribution in [0.5, 0.6) is 0 Å². The molecule has 2 aromatic rings. The number of fused-ring (bicyclic) bond motifs is 1. The molecule has 1 atom stereocenters. The number of hydrogen-bond acceptors (Lipinski definition) is 3. The fraction of sp³-hybridized carbons (Fsp3) is 0.412. The molecule has 0 amide bonds. The van der Waals surface area contributed by atoms with Crippen LogP contribution in [0.4, 0.5) is 0 Å². The predicted molar refractivity (Wildman–Crippen MR) is 82.0 cm³/mol.